The van der Waals surface area contributed by atoms with E-state index in [9.17, 15) is 5.11 Å². The molecule has 1 rings (SSSR count). The third-order valence-corrected chi connectivity index (χ3v) is 2.60. The molecule has 2 nitrogen and oxygen atoms in total. The maximum atomic E-state index is 9.29. The largest absolute Gasteiger partial charge is 0.392 e. The third-order valence-electron chi connectivity index (χ3n) is 2.60. The molecule has 0 radical (unpaired) electrons. The smallest absolute Gasteiger partial charge is 0.0665 e. The first-order chi connectivity index (χ1) is 5.33. The van der Waals surface area contributed by atoms with Gasteiger partial charge in [0.05, 0.1) is 6.10 Å². The Balaban J connectivity index is 2.13. The van der Waals surface area contributed by atoms with Gasteiger partial charge in [-0.2, -0.15) is 0 Å². The minimum atomic E-state index is -0.252. The number of hydrogen-bond acceptors (Lipinski definition) is 2. The summed E-state index contributed by atoms with van der Waals surface area (Å²) in [5.41, 5.74) is 5.34. The Labute approximate surface area is 68.8 Å². The molecule has 3 N–H and O–H groups in total. The molecule has 0 spiro atoms. The molecule has 1 atom stereocenters. The number of hydrogen-bond donors (Lipinski definition) is 2. The van der Waals surface area contributed by atoms with Gasteiger partial charge in [-0.15, -0.1) is 0 Å². The van der Waals surface area contributed by atoms with E-state index in [-0.39, 0.29) is 6.10 Å². The van der Waals surface area contributed by atoms with Crippen LogP contribution in [0.5, 0.6) is 0 Å². The van der Waals surface area contributed by atoms with Crippen LogP contribution in [0, 0.1) is 5.92 Å². The number of aliphatic hydroxyl groups is 1. The highest BCUT2D eigenvalue weighted by Gasteiger charge is 2.16. The molecular formula is C9H19NO. The second-order valence-electron chi connectivity index (χ2n) is 3.63. The van der Waals surface area contributed by atoms with Crippen molar-refractivity contribution in [3.63, 3.8) is 0 Å². The highest BCUT2D eigenvalue weighted by molar-refractivity contribution is 4.69. The van der Waals surface area contributed by atoms with E-state index in [4.69, 9.17) is 5.73 Å². The Morgan fingerprint density at radius 2 is 1.91 bits per heavy atom. The normalized spacial score (nSPS) is 23.5. The van der Waals surface area contributed by atoms with Crippen LogP contribution in [-0.4, -0.2) is 17.8 Å². The average molecular weight is 157 g/mol. The van der Waals surface area contributed by atoms with Crippen LogP contribution in [0.4, 0.5) is 0 Å². The van der Waals surface area contributed by atoms with Crippen LogP contribution in [0.2, 0.25) is 0 Å². The fourth-order valence-corrected chi connectivity index (χ4v) is 1.90. The molecule has 0 aromatic carbocycles. The fourth-order valence-electron chi connectivity index (χ4n) is 1.90. The van der Waals surface area contributed by atoms with E-state index in [0.29, 0.717) is 6.54 Å². The lowest BCUT2D eigenvalue weighted by molar-refractivity contribution is 0.137. The standard InChI is InChI=1S/C9H19NO/c10-7-9(11)6-8-4-2-1-3-5-8/h8-9,11H,1-7,10H2/t9-/m1/s1. The summed E-state index contributed by atoms with van der Waals surface area (Å²) < 4.78 is 0. The van der Waals surface area contributed by atoms with Gasteiger partial charge in [0.25, 0.3) is 0 Å². The minimum absolute atomic E-state index is 0.252. The lowest BCUT2D eigenvalue weighted by Crippen LogP contribution is -2.23. The minimum Gasteiger partial charge on any atom is -0.392 e. The van der Waals surface area contributed by atoms with E-state index in [1.165, 1.54) is 32.1 Å². The van der Waals surface area contributed by atoms with E-state index >= 15 is 0 Å². The third kappa shape index (κ3) is 3.21. The quantitative estimate of drug-likeness (QED) is 0.648. The van der Waals surface area contributed by atoms with Gasteiger partial charge in [-0.1, -0.05) is 32.1 Å². The molecule has 66 valence electrons. The summed E-state index contributed by atoms with van der Waals surface area (Å²) in [6, 6.07) is 0. The van der Waals surface area contributed by atoms with Crippen molar-refractivity contribution in [1.29, 1.82) is 0 Å². The Bertz CT molecular complexity index is 99.7. The summed E-state index contributed by atoms with van der Waals surface area (Å²) in [6.07, 6.45) is 7.36. The van der Waals surface area contributed by atoms with E-state index in [2.05, 4.69) is 0 Å². The number of rotatable bonds is 3. The summed E-state index contributed by atoms with van der Waals surface area (Å²) in [4.78, 5) is 0. The van der Waals surface area contributed by atoms with Gasteiger partial charge in [0.1, 0.15) is 0 Å². The molecule has 1 fully saturated rings. The summed E-state index contributed by atoms with van der Waals surface area (Å²) >= 11 is 0. The van der Waals surface area contributed by atoms with Gasteiger partial charge in [0.15, 0.2) is 0 Å². The van der Waals surface area contributed by atoms with Gasteiger partial charge >= 0.3 is 0 Å². The first-order valence-corrected chi connectivity index (χ1v) is 4.71. The van der Waals surface area contributed by atoms with Crippen LogP contribution in [-0.2, 0) is 0 Å². The highest BCUT2D eigenvalue weighted by Crippen LogP contribution is 2.26. The van der Waals surface area contributed by atoms with Crippen molar-refractivity contribution in [3.8, 4) is 0 Å². The molecule has 11 heavy (non-hydrogen) atoms. The van der Waals surface area contributed by atoms with Crippen molar-refractivity contribution < 1.29 is 5.11 Å². The van der Waals surface area contributed by atoms with E-state index in [0.717, 1.165) is 12.3 Å². The molecule has 1 saturated carbocycles. The van der Waals surface area contributed by atoms with Crippen LogP contribution in [0.25, 0.3) is 0 Å². The second kappa shape index (κ2) is 4.73. The summed E-state index contributed by atoms with van der Waals surface area (Å²) in [5, 5.41) is 9.29. The van der Waals surface area contributed by atoms with E-state index < -0.39 is 0 Å². The lowest BCUT2D eigenvalue weighted by atomic mass is 9.85. The van der Waals surface area contributed by atoms with Crippen LogP contribution in [0.1, 0.15) is 38.5 Å². The number of aliphatic hydroxyl groups excluding tert-OH is 1. The predicted octanol–water partition coefficient (Wildman–Crippen LogP) is 1.28. The molecule has 0 amide bonds. The lowest BCUT2D eigenvalue weighted by Gasteiger charge is -2.23. The Kier molecular flexibility index (Phi) is 3.87. The van der Waals surface area contributed by atoms with Gasteiger partial charge in [-0.25, -0.2) is 0 Å². The molecule has 1 aliphatic rings. The van der Waals surface area contributed by atoms with Gasteiger partial charge in [-0.05, 0) is 12.3 Å². The van der Waals surface area contributed by atoms with Crippen molar-refractivity contribution in [1.82, 2.24) is 0 Å². The molecule has 0 aromatic heterocycles. The summed E-state index contributed by atoms with van der Waals surface area (Å²) in [6.45, 7) is 0.427. The number of nitrogens with two attached hydrogens (primary N) is 1. The molecule has 1 aliphatic carbocycles. The molecular weight excluding hydrogens is 138 g/mol. The Hall–Kier alpha value is -0.0800. The van der Waals surface area contributed by atoms with Gasteiger partial charge in [0.2, 0.25) is 0 Å². The molecule has 0 aromatic rings. The molecule has 0 unspecified atom stereocenters. The molecule has 0 aliphatic heterocycles. The van der Waals surface area contributed by atoms with Crippen LogP contribution < -0.4 is 5.73 Å². The van der Waals surface area contributed by atoms with Gasteiger partial charge in [0, 0.05) is 6.54 Å². The van der Waals surface area contributed by atoms with E-state index in [1.54, 1.807) is 0 Å². The Morgan fingerprint density at radius 1 is 1.27 bits per heavy atom. The first kappa shape index (κ1) is 9.01. The highest BCUT2D eigenvalue weighted by atomic mass is 16.3. The second-order valence-corrected chi connectivity index (χ2v) is 3.63. The zero-order chi connectivity index (χ0) is 8.10. The van der Waals surface area contributed by atoms with Crippen molar-refractivity contribution in [2.75, 3.05) is 6.54 Å². The van der Waals surface area contributed by atoms with Crippen molar-refractivity contribution in [2.45, 2.75) is 44.6 Å². The fraction of sp³-hybridized carbons (Fsp3) is 1.00. The van der Waals surface area contributed by atoms with Gasteiger partial charge < -0.3 is 10.8 Å². The van der Waals surface area contributed by atoms with Crippen molar-refractivity contribution in [3.05, 3.63) is 0 Å². The zero-order valence-corrected chi connectivity index (χ0v) is 7.13. The topological polar surface area (TPSA) is 46.2 Å². The predicted molar refractivity (Wildman–Crippen MR) is 46.3 cm³/mol. The SMILES string of the molecule is NC[C@H](O)CC1CCCCC1. The average Bonchev–Trinajstić information content (AvgIpc) is 2.06. The molecule has 0 heterocycles. The van der Waals surface area contributed by atoms with Crippen molar-refractivity contribution in [2.24, 2.45) is 11.7 Å². The molecule has 0 saturated heterocycles. The maximum absolute atomic E-state index is 9.29. The molecule has 0 bridgehead atoms. The van der Waals surface area contributed by atoms with Crippen LogP contribution in [0.15, 0.2) is 0 Å². The zero-order valence-electron chi connectivity index (χ0n) is 7.13. The van der Waals surface area contributed by atoms with E-state index in [1.807, 2.05) is 0 Å². The van der Waals surface area contributed by atoms with Crippen molar-refractivity contribution >= 4 is 0 Å². The summed E-state index contributed by atoms with van der Waals surface area (Å²) in [5.74, 6) is 0.752. The Morgan fingerprint density at radius 3 is 2.45 bits per heavy atom. The van der Waals surface area contributed by atoms with Gasteiger partial charge in [-0.3, -0.25) is 0 Å². The molecule has 2 heteroatoms. The van der Waals surface area contributed by atoms with Crippen LogP contribution in [0.3, 0.4) is 0 Å². The monoisotopic (exact) mass is 157 g/mol. The maximum Gasteiger partial charge on any atom is 0.0665 e. The van der Waals surface area contributed by atoms with Crippen LogP contribution >= 0.6 is 0 Å². The summed E-state index contributed by atoms with van der Waals surface area (Å²) in [7, 11) is 0. The first-order valence-electron chi connectivity index (χ1n) is 4.71.